The molecule has 8 heteroatoms. The predicted octanol–water partition coefficient (Wildman–Crippen LogP) is 4.58. The third kappa shape index (κ3) is 4.11. The average Bonchev–Trinajstić information content (AvgIpc) is 2.97. The summed E-state index contributed by atoms with van der Waals surface area (Å²) in [5.41, 5.74) is 3.04. The van der Waals surface area contributed by atoms with Gasteiger partial charge in [0.05, 0.1) is 10.7 Å². The number of aromatic nitrogens is 2. The van der Waals surface area contributed by atoms with Crippen LogP contribution in [-0.2, 0) is 17.6 Å². The minimum atomic E-state index is -0.378. The van der Waals surface area contributed by atoms with E-state index in [0.29, 0.717) is 48.2 Å². The Morgan fingerprint density at radius 2 is 1.88 bits per heavy atom. The molecule has 0 unspecified atom stereocenters. The number of anilines is 1. The highest BCUT2D eigenvalue weighted by Crippen LogP contribution is 2.41. The van der Waals surface area contributed by atoms with Gasteiger partial charge < -0.3 is 15.5 Å². The van der Waals surface area contributed by atoms with Crippen molar-refractivity contribution in [3.63, 3.8) is 0 Å². The Hall–Kier alpha value is -3.58. The Bertz CT molecular complexity index is 1230. The van der Waals surface area contributed by atoms with Crippen molar-refractivity contribution in [2.24, 2.45) is 0 Å². The molecule has 1 aliphatic carbocycles. The Morgan fingerprint density at radius 1 is 1.09 bits per heavy atom. The van der Waals surface area contributed by atoms with Gasteiger partial charge in [0.1, 0.15) is 5.69 Å². The van der Waals surface area contributed by atoms with Gasteiger partial charge in [-0.2, -0.15) is 0 Å². The van der Waals surface area contributed by atoms with Gasteiger partial charge in [-0.3, -0.25) is 14.6 Å². The van der Waals surface area contributed by atoms with Crippen molar-refractivity contribution in [1.29, 1.82) is 0 Å². The molecular formula is C24H22ClN3O4. The molecule has 1 aliphatic rings. The van der Waals surface area contributed by atoms with Crippen molar-refractivity contribution >= 4 is 29.0 Å². The summed E-state index contributed by atoms with van der Waals surface area (Å²) in [7, 11) is 0. The summed E-state index contributed by atoms with van der Waals surface area (Å²) in [6, 6.07) is 9.83. The van der Waals surface area contributed by atoms with E-state index in [1.807, 2.05) is 6.08 Å². The number of hydrogen-bond donors (Lipinski definition) is 3. The molecule has 0 atom stereocenters. The molecule has 1 amide bonds. The van der Waals surface area contributed by atoms with E-state index < -0.39 is 0 Å². The summed E-state index contributed by atoms with van der Waals surface area (Å²) in [6.45, 7) is 1.53. The summed E-state index contributed by atoms with van der Waals surface area (Å²) in [6.07, 6.45) is 5.52. The number of nitrogens with one attached hydrogen (secondary N) is 1. The second-order valence-electron chi connectivity index (χ2n) is 7.62. The number of carbonyl (C=O) groups excluding carboxylic acids is 2. The Balaban J connectivity index is 1.66. The number of hydrogen-bond acceptors (Lipinski definition) is 5. The average molecular weight is 452 g/mol. The first-order valence-corrected chi connectivity index (χ1v) is 10.6. The summed E-state index contributed by atoms with van der Waals surface area (Å²) in [5, 5.41) is 24.7. The second-order valence-corrected chi connectivity index (χ2v) is 8.03. The van der Waals surface area contributed by atoms with Gasteiger partial charge >= 0.3 is 0 Å². The number of rotatable bonds is 4. The highest BCUT2D eigenvalue weighted by atomic mass is 35.5. The van der Waals surface area contributed by atoms with E-state index in [-0.39, 0.29) is 34.2 Å². The monoisotopic (exact) mass is 451 g/mol. The number of benzene rings is 1. The topological polar surface area (TPSA) is 104 Å². The maximum absolute atomic E-state index is 12.3. The zero-order valence-electron chi connectivity index (χ0n) is 17.4. The maximum atomic E-state index is 12.3. The lowest BCUT2D eigenvalue weighted by Gasteiger charge is -2.12. The quantitative estimate of drug-likeness (QED) is 0.538. The fourth-order valence-electron chi connectivity index (χ4n) is 3.91. The molecule has 0 bridgehead atoms. The highest BCUT2D eigenvalue weighted by molar-refractivity contribution is 6.32. The van der Waals surface area contributed by atoms with Gasteiger partial charge in [-0.05, 0) is 68.5 Å². The van der Waals surface area contributed by atoms with Crippen LogP contribution in [-0.4, -0.2) is 31.5 Å². The van der Waals surface area contributed by atoms with Gasteiger partial charge in [-0.15, -0.1) is 0 Å². The third-order valence-corrected chi connectivity index (χ3v) is 5.85. The highest BCUT2D eigenvalue weighted by Gasteiger charge is 2.25. The van der Waals surface area contributed by atoms with Crippen molar-refractivity contribution < 1.29 is 19.8 Å². The molecule has 2 aromatic heterocycles. The molecule has 0 saturated carbocycles. The van der Waals surface area contributed by atoms with Crippen LogP contribution in [0.5, 0.6) is 11.8 Å². The van der Waals surface area contributed by atoms with E-state index in [9.17, 15) is 19.8 Å². The van der Waals surface area contributed by atoms with Crippen molar-refractivity contribution in [3.8, 4) is 17.4 Å². The van der Waals surface area contributed by atoms with Crippen LogP contribution in [0.1, 0.15) is 41.4 Å². The number of nitrogens with zero attached hydrogens (tertiary/aromatic N) is 2. The van der Waals surface area contributed by atoms with E-state index in [2.05, 4.69) is 10.3 Å². The number of halogens is 1. The first kappa shape index (κ1) is 21.6. The molecule has 0 aliphatic heterocycles. The Labute approximate surface area is 190 Å². The van der Waals surface area contributed by atoms with Gasteiger partial charge in [-0.25, -0.2) is 4.57 Å². The lowest BCUT2D eigenvalue weighted by molar-refractivity contribution is -0.113. The van der Waals surface area contributed by atoms with Crippen LogP contribution >= 0.6 is 11.6 Å². The maximum Gasteiger partial charge on any atom is 0.274 e. The molecule has 4 rings (SSSR count). The molecule has 32 heavy (non-hydrogen) atoms. The lowest BCUT2D eigenvalue weighted by Crippen LogP contribution is -2.13. The smallest absolute Gasteiger partial charge is 0.274 e. The zero-order valence-corrected chi connectivity index (χ0v) is 18.2. The van der Waals surface area contributed by atoms with Crippen molar-refractivity contribution in [2.45, 2.75) is 32.6 Å². The summed E-state index contributed by atoms with van der Waals surface area (Å²) in [5.74, 6) is -0.560. The predicted molar refractivity (Wildman–Crippen MR) is 122 cm³/mol. The van der Waals surface area contributed by atoms with Crippen molar-refractivity contribution in [3.05, 3.63) is 76.1 Å². The number of carbonyl (C=O) groups is 2. The standard InChI is InChI=1S/C24H22ClN3O4/c1-14(29)15-5-4-6-17-18(10-8-15)24(32)28(23(17)31)21-11-9-16(13-19(21)25)27-22(30)20-7-2-3-12-26-20/h2-3,7-9,11-13,31-32H,4-6,10H2,1H3,(H,27,30). The van der Waals surface area contributed by atoms with Crippen LogP contribution in [0, 0.1) is 0 Å². The van der Waals surface area contributed by atoms with Crippen LogP contribution in [0.25, 0.3) is 5.69 Å². The van der Waals surface area contributed by atoms with Crippen molar-refractivity contribution in [1.82, 2.24) is 9.55 Å². The molecule has 164 valence electrons. The number of aromatic hydroxyl groups is 2. The number of amides is 1. The third-order valence-electron chi connectivity index (χ3n) is 5.55. The fourth-order valence-corrected chi connectivity index (χ4v) is 4.17. The van der Waals surface area contributed by atoms with Gasteiger partial charge in [0.2, 0.25) is 11.8 Å². The molecule has 3 N–H and O–H groups in total. The molecular weight excluding hydrogens is 430 g/mol. The molecule has 7 nitrogen and oxygen atoms in total. The molecule has 1 aromatic carbocycles. The summed E-state index contributed by atoms with van der Waals surface area (Å²) in [4.78, 5) is 28.1. The molecule has 0 radical (unpaired) electrons. The molecule has 2 heterocycles. The first-order valence-electron chi connectivity index (χ1n) is 10.2. The Morgan fingerprint density at radius 3 is 2.56 bits per heavy atom. The van der Waals surface area contributed by atoms with E-state index in [0.717, 1.165) is 5.57 Å². The minimum Gasteiger partial charge on any atom is -0.494 e. The number of pyridine rings is 1. The normalized spacial score (nSPS) is 13.5. The van der Waals surface area contributed by atoms with Crippen LogP contribution < -0.4 is 5.32 Å². The molecule has 0 saturated heterocycles. The molecule has 3 aromatic rings. The van der Waals surface area contributed by atoms with Crippen LogP contribution in [0.4, 0.5) is 5.69 Å². The van der Waals surface area contributed by atoms with Gasteiger partial charge in [0.15, 0.2) is 5.78 Å². The van der Waals surface area contributed by atoms with Gasteiger partial charge in [0, 0.05) is 23.0 Å². The molecule has 0 spiro atoms. The summed E-state index contributed by atoms with van der Waals surface area (Å²) >= 11 is 6.46. The van der Waals surface area contributed by atoms with E-state index >= 15 is 0 Å². The van der Waals surface area contributed by atoms with E-state index in [1.165, 1.54) is 17.7 Å². The lowest BCUT2D eigenvalue weighted by atomic mass is 9.94. The SMILES string of the molecule is CC(=O)C1=CCc2c(c(O)n(-c3ccc(NC(=O)c4ccccn4)cc3Cl)c2O)CCC1. The number of allylic oxidation sites excluding steroid dienone is 2. The largest absolute Gasteiger partial charge is 0.494 e. The first-order chi connectivity index (χ1) is 15.4. The summed E-state index contributed by atoms with van der Waals surface area (Å²) < 4.78 is 1.30. The van der Waals surface area contributed by atoms with Crippen LogP contribution in [0.3, 0.4) is 0 Å². The van der Waals surface area contributed by atoms with E-state index in [1.54, 1.807) is 36.4 Å². The number of fused-ring (bicyclic) bond motifs is 1. The van der Waals surface area contributed by atoms with Crippen molar-refractivity contribution in [2.75, 3.05) is 5.32 Å². The minimum absolute atomic E-state index is 0.0166. The fraction of sp³-hybridized carbons (Fsp3) is 0.208. The Kier molecular flexibility index (Phi) is 6.01. The van der Waals surface area contributed by atoms with E-state index in [4.69, 9.17) is 11.6 Å². The zero-order chi connectivity index (χ0) is 22.8. The van der Waals surface area contributed by atoms with Crippen LogP contribution in [0.15, 0.2) is 54.2 Å². The van der Waals surface area contributed by atoms with Gasteiger partial charge in [0.25, 0.3) is 5.91 Å². The van der Waals surface area contributed by atoms with Gasteiger partial charge in [-0.1, -0.05) is 23.7 Å². The second kappa shape index (κ2) is 8.88. The number of Topliss-reactive ketones (excluding diaryl/α,β-unsaturated/α-hetero) is 1. The van der Waals surface area contributed by atoms with Crippen LogP contribution in [0.2, 0.25) is 5.02 Å². The molecule has 0 fully saturated rings. The number of ketones is 1.